The zero-order chi connectivity index (χ0) is 13.1. The molecule has 5 nitrogen and oxygen atoms in total. The molecule has 0 spiro atoms. The number of hydrogen-bond donors (Lipinski definition) is 1. The standard InChI is InChI=1S/C13H15N3O2/c1-4-18-11-5-10(6-14-7-11)12-8(2)13(17)16-9(3)15-12/h5-7H,4H2,1-3H3,(H,15,16,17). The molecule has 0 saturated heterocycles. The molecule has 0 amide bonds. The Balaban J connectivity index is 2.54. The minimum absolute atomic E-state index is 0.126. The lowest BCUT2D eigenvalue weighted by molar-refractivity contribution is 0.339. The highest BCUT2D eigenvalue weighted by molar-refractivity contribution is 5.62. The third kappa shape index (κ3) is 2.40. The highest BCUT2D eigenvalue weighted by atomic mass is 16.5. The fraction of sp³-hybridized carbons (Fsp3) is 0.308. The van der Waals surface area contributed by atoms with Gasteiger partial charge in [0.2, 0.25) is 0 Å². The third-order valence-corrected chi connectivity index (χ3v) is 2.57. The van der Waals surface area contributed by atoms with E-state index >= 15 is 0 Å². The number of nitrogens with one attached hydrogen (secondary N) is 1. The fourth-order valence-electron chi connectivity index (χ4n) is 1.72. The molecule has 0 atom stereocenters. The molecule has 0 radical (unpaired) electrons. The number of aryl methyl sites for hydroxylation is 1. The maximum absolute atomic E-state index is 11.7. The summed E-state index contributed by atoms with van der Waals surface area (Å²) < 4.78 is 5.39. The molecular weight excluding hydrogens is 230 g/mol. The van der Waals surface area contributed by atoms with Crippen molar-refractivity contribution in [2.75, 3.05) is 6.61 Å². The van der Waals surface area contributed by atoms with Gasteiger partial charge in [-0.05, 0) is 26.8 Å². The number of hydrogen-bond acceptors (Lipinski definition) is 4. The van der Waals surface area contributed by atoms with Crippen molar-refractivity contribution in [1.82, 2.24) is 15.0 Å². The van der Waals surface area contributed by atoms with Gasteiger partial charge in [-0.25, -0.2) is 4.98 Å². The number of nitrogens with zero attached hydrogens (tertiary/aromatic N) is 2. The van der Waals surface area contributed by atoms with Crippen molar-refractivity contribution in [3.63, 3.8) is 0 Å². The molecule has 0 aliphatic heterocycles. The van der Waals surface area contributed by atoms with Crippen LogP contribution in [0.25, 0.3) is 11.3 Å². The van der Waals surface area contributed by atoms with Gasteiger partial charge in [0.15, 0.2) is 0 Å². The fourth-order valence-corrected chi connectivity index (χ4v) is 1.72. The van der Waals surface area contributed by atoms with Crippen molar-refractivity contribution >= 4 is 0 Å². The van der Waals surface area contributed by atoms with Gasteiger partial charge in [-0.3, -0.25) is 9.78 Å². The van der Waals surface area contributed by atoms with Gasteiger partial charge in [0.05, 0.1) is 18.5 Å². The van der Waals surface area contributed by atoms with E-state index in [2.05, 4.69) is 15.0 Å². The van der Waals surface area contributed by atoms with Crippen LogP contribution in [0, 0.1) is 13.8 Å². The molecule has 0 saturated carbocycles. The molecule has 2 rings (SSSR count). The normalized spacial score (nSPS) is 10.4. The first kappa shape index (κ1) is 12.3. The predicted molar refractivity (Wildman–Crippen MR) is 68.7 cm³/mol. The average molecular weight is 245 g/mol. The van der Waals surface area contributed by atoms with Crippen molar-refractivity contribution in [3.05, 3.63) is 40.2 Å². The summed E-state index contributed by atoms with van der Waals surface area (Å²) in [4.78, 5) is 22.8. The van der Waals surface area contributed by atoms with Gasteiger partial charge in [0.25, 0.3) is 5.56 Å². The first-order valence-corrected chi connectivity index (χ1v) is 5.77. The van der Waals surface area contributed by atoms with E-state index in [4.69, 9.17) is 4.74 Å². The van der Waals surface area contributed by atoms with Crippen molar-refractivity contribution < 1.29 is 4.74 Å². The summed E-state index contributed by atoms with van der Waals surface area (Å²) in [5.74, 6) is 1.26. The molecule has 2 aromatic heterocycles. The molecule has 0 fully saturated rings. The maximum Gasteiger partial charge on any atom is 0.254 e. The number of ether oxygens (including phenoxy) is 1. The van der Waals surface area contributed by atoms with Gasteiger partial charge in [-0.1, -0.05) is 0 Å². The van der Waals surface area contributed by atoms with Crippen LogP contribution < -0.4 is 10.3 Å². The summed E-state index contributed by atoms with van der Waals surface area (Å²) >= 11 is 0. The van der Waals surface area contributed by atoms with Gasteiger partial charge >= 0.3 is 0 Å². The summed E-state index contributed by atoms with van der Waals surface area (Å²) in [5, 5.41) is 0. The molecule has 0 aliphatic rings. The van der Waals surface area contributed by atoms with Gasteiger partial charge in [0.1, 0.15) is 11.6 Å². The number of aromatic nitrogens is 3. The predicted octanol–water partition coefficient (Wildman–Crippen LogP) is 1.85. The smallest absolute Gasteiger partial charge is 0.254 e. The Morgan fingerprint density at radius 3 is 2.83 bits per heavy atom. The highest BCUT2D eigenvalue weighted by Gasteiger charge is 2.09. The lowest BCUT2D eigenvalue weighted by atomic mass is 10.1. The van der Waals surface area contributed by atoms with Crippen molar-refractivity contribution in [1.29, 1.82) is 0 Å². The molecule has 2 heterocycles. The molecule has 0 aliphatic carbocycles. The van der Waals surface area contributed by atoms with Gasteiger partial charge in [-0.15, -0.1) is 0 Å². The molecule has 0 bridgehead atoms. The Labute approximate surface area is 105 Å². The quantitative estimate of drug-likeness (QED) is 0.896. The van der Waals surface area contributed by atoms with Crippen LogP contribution in [0.3, 0.4) is 0 Å². The van der Waals surface area contributed by atoms with E-state index < -0.39 is 0 Å². The van der Waals surface area contributed by atoms with E-state index in [1.54, 1.807) is 26.2 Å². The second kappa shape index (κ2) is 5.00. The van der Waals surface area contributed by atoms with Crippen LogP contribution in [-0.2, 0) is 0 Å². The zero-order valence-corrected chi connectivity index (χ0v) is 10.7. The summed E-state index contributed by atoms with van der Waals surface area (Å²) in [6.45, 7) is 5.98. The molecule has 2 aromatic rings. The van der Waals surface area contributed by atoms with Crippen LogP contribution in [0.15, 0.2) is 23.3 Å². The largest absolute Gasteiger partial charge is 0.492 e. The third-order valence-electron chi connectivity index (χ3n) is 2.57. The molecule has 18 heavy (non-hydrogen) atoms. The Kier molecular flexibility index (Phi) is 3.41. The zero-order valence-electron chi connectivity index (χ0n) is 10.7. The monoisotopic (exact) mass is 245 g/mol. The SMILES string of the molecule is CCOc1cncc(-c2nc(C)[nH]c(=O)c2C)c1. The minimum atomic E-state index is -0.126. The maximum atomic E-state index is 11.7. The van der Waals surface area contributed by atoms with Crippen molar-refractivity contribution in [3.8, 4) is 17.0 Å². The Bertz CT molecular complexity index is 620. The van der Waals surface area contributed by atoms with E-state index in [9.17, 15) is 4.79 Å². The molecule has 94 valence electrons. The van der Waals surface area contributed by atoms with E-state index in [1.165, 1.54) is 0 Å². The Morgan fingerprint density at radius 2 is 2.11 bits per heavy atom. The van der Waals surface area contributed by atoms with Gasteiger partial charge in [0, 0.05) is 17.3 Å². The number of rotatable bonds is 3. The van der Waals surface area contributed by atoms with E-state index in [0.717, 1.165) is 5.56 Å². The lowest BCUT2D eigenvalue weighted by Crippen LogP contribution is -2.14. The number of aromatic amines is 1. The number of pyridine rings is 1. The van der Waals surface area contributed by atoms with E-state index in [1.807, 2.05) is 13.0 Å². The van der Waals surface area contributed by atoms with E-state index in [0.29, 0.717) is 29.4 Å². The first-order chi connectivity index (χ1) is 8.61. The van der Waals surface area contributed by atoms with Crippen molar-refractivity contribution in [2.45, 2.75) is 20.8 Å². The molecular formula is C13H15N3O2. The van der Waals surface area contributed by atoms with Crippen LogP contribution in [0.5, 0.6) is 5.75 Å². The molecule has 1 N–H and O–H groups in total. The lowest BCUT2D eigenvalue weighted by Gasteiger charge is -2.07. The first-order valence-electron chi connectivity index (χ1n) is 5.77. The average Bonchev–Trinajstić information content (AvgIpc) is 2.34. The van der Waals surface area contributed by atoms with Crippen molar-refractivity contribution in [2.24, 2.45) is 0 Å². The second-order valence-electron chi connectivity index (χ2n) is 3.97. The van der Waals surface area contributed by atoms with Crippen LogP contribution in [-0.4, -0.2) is 21.6 Å². The van der Waals surface area contributed by atoms with Crippen LogP contribution in [0.1, 0.15) is 18.3 Å². The summed E-state index contributed by atoms with van der Waals surface area (Å²) in [6, 6.07) is 1.84. The molecule has 5 heteroatoms. The topological polar surface area (TPSA) is 67.9 Å². The van der Waals surface area contributed by atoms with Crippen LogP contribution in [0.4, 0.5) is 0 Å². The summed E-state index contributed by atoms with van der Waals surface area (Å²) in [7, 11) is 0. The Morgan fingerprint density at radius 1 is 1.33 bits per heavy atom. The Hall–Kier alpha value is -2.17. The van der Waals surface area contributed by atoms with Crippen LogP contribution >= 0.6 is 0 Å². The summed E-state index contributed by atoms with van der Waals surface area (Å²) in [6.07, 6.45) is 3.32. The molecule has 0 unspecified atom stereocenters. The second-order valence-corrected chi connectivity index (χ2v) is 3.97. The van der Waals surface area contributed by atoms with Gasteiger partial charge < -0.3 is 9.72 Å². The highest BCUT2D eigenvalue weighted by Crippen LogP contribution is 2.22. The van der Waals surface area contributed by atoms with E-state index in [-0.39, 0.29) is 5.56 Å². The molecule has 0 aromatic carbocycles. The van der Waals surface area contributed by atoms with Gasteiger partial charge in [-0.2, -0.15) is 0 Å². The summed E-state index contributed by atoms with van der Waals surface area (Å²) in [5.41, 5.74) is 1.88. The van der Waals surface area contributed by atoms with Crippen LogP contribution in [0.2, 0.25) is 0 Å². The number of H-pyrrole nitrogens is 1. The minimum Gasteiger partial charge on any atom is -0.492 e.